The van der Waals surface area contributed by atoms with Crippen LogP contribution in [0.1, 0.15) is 24.8 Å². The molecule has 0 bridgehead atoms. The molecule has 2 aromatic heterocycles. The van der Waals surface area contributed by atoms with Crippen molar-refractivity contribution in [3.8, 4) is 5.69 Å². The number of rotatable bonds is 2. The molecule has 0 fully saturated rings. The molecule has 1 aromatic carbocycles. The molecule has 2 N–H and O–H groups in total. The molecule has 3 aromatic rings. The van der Waals surface area contributed by atoms with E-state index in [1.165, 1.54) is 24.0 Å². The molecule has 2 heterocycles. The lowest BCUT2D eigenvalue weighted by atomic mass is 10.1. The normalized spacial score (nSPS) is 14.5. The molecule has 0 saturated carbocycles. The minimum Gasteiger partial charge on any atom is -0.382 e. The summed E-state index contributed by atoms with van der Waals surface area (Å²) >= 11 is 0. The Hall–Kier alpha value is -2.69. The van der Waals surface area contributed by atoms with Gasteiger partial charge in [-0.2, -0.15) is 0 Å². The van der Waals surface area contributed by atoms with Crippen molar-refractivity contribution in [2.45, 2.75) is 19.3 Å². The summed E-state index contributed by atoms with van der Waals surface area (Å²) in [6.45, 7) is 0. The van der Waals surface area contributed by atoms with Crippen LogP contribution in [-0.2, 0) is 0 Å². The van der Waals surface area contributed by atoms with Crippen LogP contribution in [0.5, 0.6) is 0 Å². The Bertz CT molecular complexity index is 895. The first-order valence-corrected chi connectivity index (χ1v) is 7.31. The summed E-state index contributed by atoms with van der Waals surface area (Å²) in [6.07, 6.45) is 8.98. The fourth-order valence-electron chi connectivity index (χ4n) is 3.06. The molecular weight excluding hydrogens is 279 g/mol. The molecule has 0 saturated heterocycles. The molecule has 110 valence electrons. The zero-order valence-corrected chi connectivity index (χ0v) is 12.0. The van der Waals surface area contributed by atoms with Gasteiger partial charge >= 0.3 is 0 Å². The summed E-state index contributed by atoms with van der Waals surface area (Å²) in [5.41, 5.74) is 10.7. The predicted octanol–water partition coefficient (Wildman–Crippen LogP) is 3.71. The van der Waals surface area contributed by atoms with Gasteiger partial charge in [-0.1, -0.05) is 12.1 Å². The van der Waals surface area contributed by atoms with Gasteiger partial charge in [0.25, 0.3) is 0 Å². The summed E-state index contributed by atoms with van der Waals surface area (Å²) in [6, 6.07) is 6.45. The van der Waals surface area contributed by atoms with Crippen LogP contribution in [0.4, 0.5) is 10.2 Å². The van der Waals surface area contributed by atoms with Gasteiger partial charge in [0.15, 0.2) is 5.82 Å². The second kappa shape index (κ2) is 4.94. The van der Waals surface area contributed by atoms with Crippen LogP contribution in [0, 0.1) is 5.82 Å². The molecule has 22 heavy (non-hydrogen) atoms. The third-order valence-electron chi connectivity index (χ3n) is 4.08. The topological polar surface area (TPSA) is 56.7 Å². The van der Waals surface area contributed by atoms with E-state index in [2.05, 4.69) is 16.0 Å². The van der Waals surface area contributed by atoms with E-state index in [0.717, 1.165) is 41.5 Å². The highest BCUT2D eigenvalue weighted by molar-refractivity contribution is 5.96. The molecule has 4 nitrogen and oxygen atoms in total. The number of allylic oxidation sites excluding steroid dienone is 2. The van der Waals surface area contributed by atoms with Crippen molar-refractivity contribution in [1.29, 1.82) is 0 Å². The Morgan fingerprint density at radius 2 is 2.14 bits per heavy atom. The number of aromatic nitrogens is 3. The summed E-state index contributed by atoms with van der Waals surface area (Å²) < 4.78 is 15.5. The second-order valence-electron chi connectivity index (χ2n) is 5.47. The number of nitrogens with two attached hydrogens (primary N) is 1. The molecule has 1 aliphatic carbocycles. The SMILES string of the molecule is Nc1ncnc2c(C3=CCCC3)cn(-c3cccc(F)c3)c12. The average Bonchev–Trinajstić information content (AvgIpc) is 3.15. The van der Waals surface area contributed by atoms with Crippen molar-refractivity contribution in [2.75, 3.05) is 5.73 Å². The molecule has 5 heteroatoms. The van der Waals surface area contributed by atoms with Gasteiger partial charge < -0.3 is 10.3 Å². The van der Waals surface area contributed by atoms with Crippen molar-refractivity contribution in [2.24, 2.45) is 0 Å². The van der Waals surface area contributed by atoms with E-state index < -0.39 is 0 Å². The van der Waals surface area contributed by atoms with Gasteiger partial charge in [0, 0.05) is 17.4 Å². The molecule has 0 aliphatic heterocycles. The first-order chi connectivity index (χ1) is 10.7. The van der Waals surface area contributed by atoms with Crippen LogP contribution in [0.15, 0.2) is 42.9 Å². The molecular formula is C17H15FN4. The minimum atomic E-state index is -0.281. The zero-order chi connectivity index (χ0) is 15.1. The van der Waals surface area contributed by atoms with Gasteiger partial charge in [-0.25, -0.2) is 14.4 Å². The van der Waals surface area contributed by atoms with E-state index in [9.17, 15) is 4.39 Å². The van der Waals surface area contributed by atoms with Gasteiger partial charge in [0.1, 0.15) is 23.2 Å². The maximum absolute atomic E-state index is 13.6. The standard InChI is InChI=1S/C17H15FN4/c18-12-6-3-7-13(8-12)22-9-14(11-4-1-2-5-11)15-16(22)17(19)21-10-20-15/h3-4,6-10H,1-2,5H2,(H2,19,20,21). The van der Waals surface area contributed by atoms with Crippen LogP contribution < -0.4 is 5.73 Å². The first-order valence-electron chi connectivity index (χ1n) is 7.31. The van der Waals surface area contributed by atoms with Gasteiger partial charge in [0.2, 0.25) is 0 Å². The van der Waals surface area contributed by atoms with Gasteiger partial charge in [-0.15, -0.1) is 0 Å². The largest absolute Gasteiger partial charge is 0.382 e. The summed E-state index contributed by atoms with van der Waals surface area (Å²) in [5.74, 6) is 0.121. The van der Waals surface area contributed by atoms with Crippen molar-refractivity contribution in [3.63, 3.8) is 0 Å². The quantitative estimate of drug-likeness (QED) is 0.784. The van der Waals surface area contributed by atoms with Crippen LogP contribution in [0.25, 0.3) is 22.3 Å². The van der Waals surface area contributed by atoms with Crippen LogP contribution in [0.3, 0.4) is 0 Å². The van der Waals surface area contributed by atoms with Crippen LogP contribution in [0.2, 0.25) is 0 Å². The highest BCUT2D eigenvalue weighted by Gasteiger charge is 2.18. The van der Waals surface area contributed by atoms with Gasteiger partial charge in [0.05, 0.1) is 0 Å². The van der Waals surface area contributed by atoms with Crippen LogP contribution in [-0.4, -0.2) is 14.5 Å². The monoisotopic (exact) mass is 294 g/mol. The van der Waals surface area contributed by atoms with E-state index in [0.29, 0.717) is 5.82 Å². The first kappa shape index (κ1) is 13.0. The maximum Gasteiger partial charge on any atom is 0.151 e. The molecule has 0 atom stereocenters. The van der Waals surface area contributed by atoms with Gasteiger partial charge in [-0.3, -0.25) is 0 Å². The van der Waals surface area contributed by atoms with E-state index in [1.54, 1.807) is 6.07 Å². The van der Waals surface area contributed by atoms with Crippen molar-refractivity contribution >= 4 is 22.4 Å². The highest BCUT2D eigenvalue weighted by Crippen LogP contribution is 2.35. The van der Waals surface area contributed by atoms with E-state index in [1.807, 2.05) is 16.8 Å². The van der Waals surface area contributed by atoms with Crippen molar-refractivity contribution in [1.82, 2.24) is 14.5 Å². The number of nitrogen functional groups attached to an aromatic ring is 1. The Balaban J connectivity index is 2.02. The number of anilines is 1. The molecule has 4 rings (SSSR count). The Morgan fingerprint density at radius 1 is 1.23 bits per heavy atom. The van der Waals surface area contributed by atoms with E-state index >= 15 is 0 Å². The van der Waals surface area contributed by atoms with Gasteiger partial charge in [-0.05, 0) is 43.0 Å². The number of hydrogen-bond donors (Lipinski definition) is 1. The number of nitrogens with zero attached hydrogens (tertiary/aromatic N) is 3. The van der Waals surface area contributed by atoms with E-state index in [-0.39, 0.29) is 5.82 Å². The Kier molecular flexibility index (Phi) is 2.92. The zero-order valence-electron chi connectivity index (χ0n) is 12.0. The number of halogens is 1. The Morgan fingerprint density at radius 3 is 2.91 bits per heavy atom. The Labute approximate surface area is 127 Å². The van der Waals surface area contributed by atoms with Crippen molar-refractivity contribution < 1.29 is 4.39 Å². The molecule has 0 radical (unpaired) electrons. The average molecular weight is 294 g/mol. The third kappa shape index (κ3) is 1.97. The minimum absolute atomic E-state index is 0.281. The van der Waals surface area contributed by atoms with Crippen LogP contribution >= 0.6 is 0 Å². The molecule has 0 unspecified atom stereocenters. The molecule has 0 amide bonds. The fraction of sp³-hybridized carbons (Fsp3) is 0.176. The van der Waals surface area contributed by atoms with Crippen molar-refractivity contribution in [3.05, 3.63) is 54.2 Å². The highest BCUT2D eigenvalue weighted by atomic mass is 19.1. The third-order valence-corrected chi connectivity index (χ3v) is 4.08. The smallest absolute Gasteiger partial charge is 0.151 e. The predicted molar refractivity (Wildman–Crippen MR) is 85.1 cm³/mol. The van der Waals surface area contributed by atoms with E-state index in [4.69, 9.17) is 5.73 Å². The lowest BCUT2D eigenvalue weighted by Crippen LogP contribution is -1.99. The second-order valence-corrected chi connectivity index (χ2v) is 5.47. The summed E-state index contributed by atoms with van der Waals surface area (Å²) in [4.78, 5) is 8.50. The number of fused-ring (bicyclic) bond motifs is 1. The maximum atomic E-state index is 13.6. The molecule has 1 aliphatic rings. The number of hydrogen-bond acceptors (Lipinski definition) is 3. The lowest BCUT2D eigenvalue weighted by molar-refractivity contribution is 0.627. The lowest BCUT2D eigenvalue weighted by Gasteiger charge is -2.06. The number of benzene rings is 1. The fourth-order valence-corrected chi connectivity index (χ4v) is 3.06. The summed E-state index contributed by atoms with van der Waals surface area (Å²) in [7, 11) is 0. The molecule has 0 spiro atoms. The summed E-state index contributed by atoms with van der Waals surface area (Å²) in [5, 5.41) is 0.